The number of methoxy groups -OCH3 is 1. The van der Waals surface area contributed by atoms with Crippen LogP contribution >= 0.6 is 0 Å². The Kier molecular flexibility index (Phi) is 6.83. The number of rotatable bonds is 9. The van der Waals surface area contributed by atoms with Gasteiger partial charge < -0.3 is 14.2 Å². The third kappa shape index (κ3) is 5.08. The first-order chi connectivity index (χ1) is 11.5. The number of hydrogen-bond donors (Lipinski definition) is 0. The maximum atomic E-state index is 5.71. The van der Waals surface area contributed by atoms with E-state index in [1.165, 1.54) is 16.7 Å². The largest absolute Gasteiger partial charge is 0.491 e. The van der Waals surface area contributed by atoms with E-state index in [1.807, 2.05) is 12.1 Å². The predicted octanol–water partition coefficient (Wildman–Crippen LogP) is 4.36. The van der Waals surface area contributed by atoms with Crippen LogP contribution in [0.1, 0.15) is 30.5 Å². The summed E-state index contributed by atoms with van der Waals surface area (Å²) in [6.45, 7) is 8.94. The summed E-state index contributed by atoms with van der Waals surface area (Å²) in [6.07, 6.45) is 0. The van der Waals surface area contributed by atoms with Gasteiger partial charge in [0.15, 0.2) is 0 Å². The van der Waals surface area contributed by atoms with Crippen molar-refractivity contribution in [2.45, 2.75) is 26.2 Å². The van der Waals surface area contributed by atoms with Crippen LogP contribution in [0.5, 0.6) is 5.75 Å². The zero-order chi connectivity index (χ0) is 17.4. The summed E-state index contributed by atoms with van der Waals surface area (Å²) < 4.78 is 16.0. The molecule has 0 radical (unpaired) electrons. The Morgan fingerprint density at radius 2 is 1.29 bits per heavy atom. The molecule has 2 rings (SSSR count). The van der Waals surface area contributed by atoms with Crippen molar-refractivity contribution in [1.82, 2.24) is 0 Å². The summed E-state index contributed by atoms with van der Waals surface area (Å²) in [5.41, 5.74) is 3.84. The van der Waals surface area contributed by atoms with Crippen LogP contribution in [0, 0.1) is 6.92 Å². The highest BCUT2D eigenvalue weighted by atomic mass is 16.5. The standard InChI is InChI=1S/C21H28O3/c1-17-5-7-18(8-6-17)21(2,3)19-9-11-20(12-10-19)24-16-15-23-14-13-22-4/h5-12H,13-16H2,1-4H3. The maximum absolute atomic E-state index is 5.71. The molecule has 0 bridgehead atoms. The zero-order valence-corrected chi connectivity index (χ0v) is 15.2. The van der Waals surface area contributed by atoms with Crippen LogP contribution in [-0.4, -0.2) is 33.5 Å². The first-order valence-electron chi connectivity index (χ1n) is 8.41. The Balaban J connectivity index is 1.92. The summed E-state index contributed by atoms with van der Waals surface area (Å²) in [6, 6.07) is 17.1. The first-order valence-corrected chi connectivity index (χ1v) is 8.41. The van der Waals surface area contributed by atoms with Gasteiger partial charge in [0.05, 0.1) is 19.8 Å². The molecule has 0 N–H and O–H groups in total. The van der Waals surface area contributed by atoms with Crippen LogP contribution in [0.15, 0.2) is 48.5 Å². The molecule has 24 heavy (non-hydrogen) atoms. The summed E-state index contributed by atoms with van der Waals surface area (Å²) in [4.78, 5) is 0. The normalized spacial score (nSPS) is 11.5. The molecule has 0 heterocycles. The molecule has 0 saturated carbocycles. The Morgan fingerprint density at radius 1 is 0.750 bits per heavy atom. The summed E-state index contributed by atoms with van der Waals surface area (Å²) >= 11 is 0. The van der Waals surface area contributed by atoms with E-state index in [-0.39, 0.29) is 5.41 Å². The van der Waals surface area contributed by atoms with E-state index in [0.717, 1.165) is 5.75 Å². The molecule has 0 spiro atoms. The second-order valence-corrected chi connectivity index (χ2v) is 6.47. The lowest BCUT2D eigenvalue weighted by atomic mass is 9.78. The van der Waals surface area contributed by atoms with Gasteiger partial charge in [-0.25, -0.2) is 0 Å². The molecule has 2 aromatic carbocycles. The monoisotopic (exact) mass is 328 g/mol. The lowest BCUT2D eigenvalue weighted by molar-refractivity contribution is 0.0544. The van der Waals surface area contributed by atoms with Gasteiger partial charge in [-0.05, 0) is 30.2 Å². The maximum Gasteiger partial charge on any atom is 0.119 e. The van der Waals surface area contributed by atoms with Crippen molar-refractivity contribution in [3.63, 3.8) is 0 Å². The van der Waals surface area contributed by atoms with Gasteiger partial charge in [-0.3, -0.25) is 0 Å². The van der Waals surface area contributed by atoms with Gasteiger partial charge in [-0.2, -0.15) is 0 Å². The van der Waals surface area contributed by atoms with E-state index in [1.54, 1.807) is 7.11 Å². The summed E-state index contributed by atoms with van der Waals surface area (Å²) in [5.74, 6) is 0.869. The van der Waals surface area contributed by atoms with Crippen molar-refractivity contribution in [1.29, 1.82) is 0 Å². The molecule has 0 amide bonds. The van der Waals surface area contributed by atoms with Gasteiger partial charge in [0.25, 0.3) is 0 Å². The average molecular weight is 328 g/mol. The number of hydrogen-bond acceptors (Lipinski definition) is 3. The van der Waals surface area contributed by atoms with E-state index in [4.69, 9.17) is 14.2 Å². The molecule has 130 valence electrons. The van der Waals surface area contributed by atoms with Crippen LogP contribution in [0.2, 0.25) is 0 Å². The highest BCUT2D eigenvalue weighted by Crippen LogP contribution is 2.32. The predicted molar refractivity (Wildman–Crippen MR) is 97.9 cm³/mol. The summed E-state index contributed by atoms with van der Waals surface area (Å²) in [5, 5.41) is 0. The fraction of sp³-hybridized carbons (Fsp3) is 0.429. The average Bonchev–Trinajstić information content (AvgIpc) is 2.59. The van der Waals surface area contributed by atoms with Gasteiger partial charge in [0.2, 0.25) is 0 Å². The number of aryl methyl sites for hydroxylation is 1. The lowest BCUT2D eigenvalue weighted by Gasteiger charge is -2.26. The minimum Gasteiger partial charge on any atom is -0.491 e. The minimum atomic E-state index is -0.0322. The highest BCUT2D eigenvalue weighted by molar-refractivity contribution is 5.40. The van der Waals surface area contributed by atoms with Crippen LogP contribution in [0.4, 0.5) is 0 Å². The Labute approximate surface area is 145 Å². The molecule has 0 aliphatic heterocycles. The van der Waals surface area contributed by atoms with E-state index >= 15 is 0 Å². The lowest BCUT2D eigenvalue weighted by Crippen LogP contribution is -2.18. The molecular formula is C21H28O3. The molecule has 0 aliphatic carbocycles. The van der Waals surface area contributed by atoms with Crippen molar-refractivity contribution in [3.05, 3.63) is 65.2 Å². The third-order valence-electron chi connectivity index (χ3n) is 4.28. The number of benzene rings is 2. The van der Waals surface area contributed by atoms with Crippen LogP contribution in [-0.2, 0) is 14.9 Å². The number of ether oxygens (including phenoxy) is 3. The van der Waals surface area contributed by atoms with Crippen molar-refractivity contribution >= 4 is 0 Å². The molecule has 0 aromatic heterocycles. The molecule has 3 heteroatoms. The van der Waals surface area contributed by atoms with Gasteiger partial charge in [-0.1, -0.05) is 55.8 Å². The Bertz CT molecular complexity index is 600. The molecule has 0 atom stereocenters. The van der Waals surface area contributed by atoms with Crippen molar-refractivity contribution in [2.24, 2.45) is 0 Å². The molecule has 0 unspecified atom stereocenters. The minimum absolute atomic E-state index is 0.0322. The fourth-order valence-corrected chi connectivity index (χ4v) is 2.57. The zero-order valence-electron chi connectivity index (χ0n) is 15.2. The summed E-state index contributed by atoms with van der Waals surface area (Å²) in [7, 11) is 1.67. The van der Waals surface area contributed by atoms with E-state index in [2.05, 4.69) is 57.2 Å². The second kappa shape index (κ2) is 8.86. The van der Waals surface area contributed by atoms with Gasteiger partial charge in [0.1, 0.15) is 12.4 Å². The van der Waals surface area contributed by atoms with Crippen molar-refractivity contribution in [2.75, 3.05) is 33.5 Å². The molecule has 2 aromatic rings. The molecular weight excluding hydrogens is 300 g/mol. The van der Waals surface area contributed by atoms with Gasteiger partial charge in [-0.15, -0.1) is 0 Å². The highest BCUT2D eigenvalue weighted by Gasteiger charge is 2.22. The quantitative estimate of drug-likeness (QED) is 0.640. The van der Waals surface area contributed by atoms with E-state index in [9.17, 15) is 0 Å². The second-order valence-electron chi connectivity index (χ2n) is 6.47. The SMILES string of the molecule is COCCOCCOc1ccc(C(C)(C)c2ccc(C)cc2)cc1. The Morgan fingerprint density at radius 3 is 1.88 bits per heavy atom. The fourth-order valence-electron chi connectivity index (χ4n) is 2.57. The van der Waals surface area contributed by atoms with Gasteiger partial charge >= 0.3 is 0 Å². The first kappa shape index (κ1) is 18.5. The van der Waals surface area contributed by atoms with Crippen LogP contribution < -0.4 is 4.74 Å². The smallest absolute Gasteiger partial charge is 0.119 e. The van der Waals surface area contributed by atoms with E-state index in [0.29, 0.717) is 26.4 Å². The molecule has 0 fully saturated rings. The van der Waals surface area contributed by atoms with E-state index < -0.39 is 0 Å². The Hall–Kier alpha value is -1.84. The van der Waals surface area contributed by atoms with Crippen LogP contribution in [0.3, 0.4) is 0 Å². The molecule has 0 aliphatic rings. The van der Waals surface area contributed by atoms with Gasteiger partial charge in [0, 0.05) is 12.5 Å². The topological polar surface area (TPSA) is 27.7 Å². The third-order valence-corrected chi connectivity index (χ3v) is 4.28. The molecule has 3 nitrogen and oxygen atoms in total. The van der Waals surface area contributed by atoms with Crippen molar-refractivity contribution in [3.8, 4) is 5.75 Å². The van der Waals surface area contributed by atoms with Crippen molar-refractivity contribution < 1.29 is 14.2 Å². The molecule has 0 saturated heterocycles. The van der Waals surface area contributed by atoms with Crippen LogP contribution in [0.25, 0.3) is 0 Å².